The Labute approximate surface area is 105 Å². The number of nitrogens with zero attached hydrogens (tertiary/aromatic N) is 2. The van der Waals surface area contributed by atoms with Crippen LogP contribution in [-0.4, -0.2) is 73.5 Å². The van der Waals surface area contributed by atoms with Crippen LogP contribution in [0.15, 0.2) is 0 Å². The summed E-state index contributed by atoms with van der Waals surface area (Å²) in [6.07, 6.45) is 1.27. The summed E-state index contributed by atoms with van der Waals surface area (Å²) in [6, 6.07) is 0.702. The lowest BCUT2D eigenvalue weighted by Crippen LogP contribution is -2.45. The van der Waals surface area contributed by atoms with Crippen molar-refractivity contribution in [2.75, 3.05) is 52.5 Å². The third kappa shape index (κ3) is 3.65. The fourth-order valence-electron chi connectivity index (χ4n) is 2.85. The van der Waals surface area contributed by atoms with Gasteiger partial charge in [0, 0.05) is 44.2 Å². The monoisotopic (exact) mass is 242 g/mol. The third-order valence-corrected chi connectivity index (χ3v) is 3.89. The molecule has 1 N–H and O–H groups in total. The molecule has 2 rings (SSSR count). The van der Waals surface area contributed by atoms with Crippen molar-refractivity contribution in [3.8, 4) is 0 Å². The average Bonchev–Trinajstić information content (AvgIpc) is 2.78. The van der Waals surface area contributed by atoms with Crippen LogP contribution < -0.4 is 0 Å². The highest BCUT2D eigenvalue weighted by Gasteiger charge is 2.31. The normalized spacial score (nSPS) is 28.8. The molecular formula is C13H26N2O2. The van der Waals surface area contributed by atoms with Crippen molar-refractivity contribution in [2.24, 2.45) is 5.41 Å². The molecule has 0 radical (unpaired) electrons. The highest BCUT2D eigenvalue weighted by molar-refractivity contribution is 4.86. The van der Waals surface area contributed by atoms with Crippen LogP contribution in [0.2, 0.25) is 0 Å². The highest BCUT2D eigenvalue weighted by Crippen LogP contribution is 2.22. The molecule has 2 saturated heterocycles. The Kier molecular flexibility index (Phi) is 4.42. The van der Waals surface area contributed by atoms with E-state index >= 15 is 0 Å². The number of ether oxygens (including phenoxy) is 1. The third-order valence-electron chi connectivity index (χ3n) is 3.89. The second-order valence-electron chi connectivity index (χ2n) is 6.15. The lowest BCUT2D eigenvalue weighted by atomic mass is 9.94. The summed E-state index contributed by atoms with van der Waals surface area (Å²) in [5.74, 6) is 0. The molecule has 2 aliphatic heterocycles. The van der Waals surface area contributed by atoms with Crippen molar-refractivity contribution >= 4 is 0 Å². The molecule has 0 spiro atoms. The van der Waals surface area contributed by atoms with Crippen molar-refractivity contribution in [3.63, 3.8) is 0 Å². The van der Waals surface area contributed by atoms with Gasteiger partial charge in [-0.25, -0.2) is 0 Å². The highest BCUT2D eigenvalue weighted by atomic mass is 16.5. The molecule has 2 aliphatic rings. The standard InChI is InChI=1S/C13H26N2O2/c1-13(2,11-16)10-14-4-3-12(9-14)15-5-7-17-8-6-15/h12,16H,3-11H2,1-2H3. The van der Waals surface area contributed by atoms with Gasteiger partial charge in [-0.05, 0) is 13.0 Å². The van der Waals surface area contributed by atoms with Gasteiger partial charge in [-0.2, -0.15) is 0 Å². The van der Waals surface area contributed by atoms with Crippen LogP contribution in [0.5, 0.6) is 0 Å². The minimum atomic E-state index is 0.0277. The Bertz CT molecular complexity index is 240. The topological polar surface area (TPSA) is 35.9 Å². The summed E-state index contributed by atoms with van der Waals surface area (Å²) in [4.78, 5) is 5.06. The van der Waals surface area contributed by atoms with Gasteiger partial charge in [-0.15, -0.1) is 0 Å². The lowest BCUT2D eigenvalue weighted by Gasteiger charge is -2.33. The number of rotatable bonds is 4. The molecule has 0 aromatic carbocycles. The van der Waals surface area contributed by atoms with E-state index < -0.39 is 0 Å². The zero-order chi connectivity index (χ0) is 12.3. The van der Waals surface area contributed by atoms with Gasteiger partial charge in [0.25, 0.3) is 0 Å². The van der Waals surface area contributed by atoms with Crippen molar-refractivity contribution < 1.29 is 9.84 Å². The smallest absolute Gasteiger partial charge is 0.0594 e. The number of aliphatic hydroxyl groups is 1. The van der Waals surface area contributed by atoms with Crippen LogP contribution in [0.3, 0.4) is 0 Å². The van der Waals surface area contributed by atoms with Crippen molar-refractivity contribution in [3.05, 3.63) is 0 Å². The van der Waals surface area contributed by atoms with E-state index in [1.165, 1.54) is 13.0 Å². The quantitative estimate of drug-likeness (QED) is 0.775. The van der Waals surface area contributed by atoms with Gasteiger partial charge >= 0.3 is 0 Å². The molecule has 0 aliphatic carbocycles. The number of morpholine rings is 1. The number of hydrogen-bond acceptors (Lipinski definition) is 4. The summed E-state index contributed by atoms with van der Waals surface area (Å²) in [6.45, 7) is 11.8. The Morgan fingerprint density at radius 2 is 1.94 bits per heavy atom. The van der Waals surface area contributed by atoms with Gasteiger partial charge in [-0.3, -0.25) is 4.90 Å². The maximum atomic E-state index is 9.32. The molecular weight excluding hydrogens is 216 g/mol. The second-order valence-corrected chi connectivity index (χ2v) is 6.15. The van der Waals surface area contributed by atoms with E-state index in [0.29, 0.717) is 6.04 Å². The average molecular weight is 242 g/mol. The first kappa shape index (κ1) is 13.3. The zero-order valence-corrected chi connectivity index (χ0v) is 11.2. The molecule has 0 amide bonds. The van der Waals surface area contributed by atoms with Crippen LogP contribution in [0.1, 0.15) is 20.3 Å². The predicted molar refractivity (Wildman–Crippen MR) is 68.1 cm³/mol. The number of hydrogen-bond donors (Lipinski definition) is 1. The van der Waals surface area contributed by atoms with E-state index in [9.17, 15) is 5.11 Å². The molecule has 4 nitrogen and oxygen atoms in total. The predicted octanol–water partition coefficient (Wildman–Crippen LogP) is 0.411. The largest absolute Gasteiger partial charge is 0.396 e. The van der Waals surface area contributed by atoms with Gasteiger partial charge < -0.3 is 14.7 Å². The molecule has 1 atom stereocenters. The van der Waals surface area contributed by atoms with Crippen LogP contribution in [0.25, 0.3) is 0 Å². The van der Waals surface area contributed by atoms with Gasteiger partial charge in [0.05, 0.1) is 13.2 Å². The minimum absolute atomic E-state index is 0.0277. The summed E-state index contributed by atoms with van der Waals surface area (Å²) in [5, 5.41) is 9.32. The molecule has 0 aromatic rings. The first-order valence-electron chi connectivity index (χ1n) is 6.76. The van der Waals surface area contributed by atoms with Gasteiger partial charge in [-0.1, -0.05) is 13.8 Å². The van der Waals surface area contributed by atoms with E-state index in [0.717, 1.165) is 39.4 Å². The first-order chi connectivity index (χ1) is 8.11. The molecule has 0 aromatic heterocycles. The van der Waals surface area contributed by atoms with E-state index in [1.54, 1.807) is 0 Å². The summed E-state index contributed by atoms with van der Waals surface area (Å²) >= 11 is 0. The van der Waals surface area contributed by atoms with Gasteiger partial charge in [0.1, 0.15) is 0 Å². The van der Waals surface area contributed by atoms with Crippen LogP contribution in [0, 0.1) is 5.41 Å². The Balaban J connectivity index is 1.78. The number of aliphatic hydroxyl groups excluding tert-OH is 1. The molecule has 17 heavy (non-hydrogen) atoms. The van der Waals surface area contributed by atoms with Crippen LogP contribution in [-0.2, 0) is 4.74 Å². The SMILES string of the molecule is CC(C)(CO)CN1CCC(N2CCOCC2)C1. The maximum Gasteiger partial charge on any atom is 0.0594 e. The lowest BCUT2D eigenvalue weighted by molar-refractivity contribution is 0.0172. The molecule has 0 saturated carbocycles. The van der Waals surface area contributed by atoms with Crippen LogP contribution >= 0.6 is 0 Å². The Morgan fingerprint density at radius 1 is 1.24 bits per heavy atom. The van der Waals surface area contributed by atoms with Crippen LogP contribution in [0.4, 0.5) is 0 Å². The number of likely N-dealkylation sites (tertiary alicyclic amines) is 1. The molecule has 2 heterocycles. The summed E-state index contributed by atoms with van der Waals surface area (Å²) < 4.78 is 5.40. The first-order valence-corrected chi connectivity index (χ1v) is 6.76. The Morgan fingerprint density at radius 3 is 2.59 bits per heavy atom. The van der Waals surface area contributed by atoms with Crippen molar-refractivity contribution in [1.82, 2.24) is 9.80 Å². The molecule has 100 valence electrons. The molecule has 0 bridgehead atoms. The molecule has 2 fully saturated rings. The Hall–Kier alpha value is -0.160. The van der Waals surface area contributed by atoms with Crippen molar-refractivity contribution in [2.45, 2.75) is 26.3 Å². The summed E-state index contributed by atoms with van der Waals surface area (Å²) in [5.41, 5.74) is 0.0277. The van der Waals surface area contributed by atoms with E-state index in [1.807, 2.05) is 0 Å². The fraction of sp³-hybridized carbons (Fsp3) is 1.00. The van der Waals surface area contributed by atoms with Gasteiger partial charge in [0.2, 0.25) is 0 Å². The minimum Gasteiger partial charge on any atom is -0.396 e. The van der Waals surface area contributed by atoms with E-state index in [4.69, 9.17) is 4.74 Å². The second kappa shape index (κ2) is 5.65. The van der Waals surface area contributed by atoms with E-state index in [-0.39, 0.29) is 12.0 Å². The maximum absolute atomic E-state index is 9.32. The molecule has 1 unspecified atom stereocenters. The molecule has 4 heteroatoms. The van der Waals surface area contributed by atoms with Gasteiger partial charge in [0.15, 0.2) is 0 Å². The fourth-order valence-corrected chi connectivity index (χ4v) is 2.85. The zero-order valence-electron chi connectivity index (χ0n) is 11.2. The van der Waals surface area contributed by atoms with E-state index in [2.05, 4.69) is 23.6 Å². The summed E-state index contributed by atoms with van der Waals surface area (Å²) in [7, 11) is 0. The van der Waals surface area contributed by atoms with Crippen molar-refractivity contribution in [1.29, 1.82) is 0 Å².